The largest absolute Gasteiger partial charge is 0.496 e. The summed E-state index contributed by atoms with van der Waals surface area (Å²) in [6.45, 7) is 10.7. The molecule has 0 aromatic heterocycles. The van der Waals surface area contributed by atoms with Crippen molar-refractivity contribution in [2.75, 3.05) is 7.11 Å². The van der Waals surface area contributed by atoms with Crippen LogP contribution in [0.3, 0.4) is 0 Å². The quantitative estimate of drug-likeness (QED) is 0.537. The molecule has 1 aliphatic rings. The second-order valence-electron chi connectivity index (χ2n) is 8.25. The SMILES string of the molecule is CCC(=O)Oc1cc(C(C)(C)C)c(OC)c(C2(C)CCCCC2)c1. The number of hydrogen-bond donors (Lipinski definition) is 0. The molecule has 0 N–H and O–H groups in total. The summed E-state index contributed by atoms with van der Waals surface area (Å²) in [6, 6.07) is 4.01. The van der Waals surface area contributed by atoms with Gasteiger partial charge in [0.15, 0.2) is 0 Å². The lowest BCUT2D eigenvalue weighted by atomic mass is 9.69. The number of rotatable bonds is 4. The van der Waals surface area contributed by atoms with Gasteiger partial charge in [0, 0.05) is 17.5 Å². The molecule has 0 radical (unpaired) electrons. The molecule has 0 unspecified atom stereocenters. The van der Waals surface area contributed by atoms with Crippen LogP contribution in [0.15, 0.2) is 12.1 Å². The predicted molar refractivity (Wildman–Crippen MR) is 98.1 cm³/mol. The van der Waals surface area contributed by atoms with Crippen molar-refractivity contribution in [3.8, 4) is 11.5 Å². The minimum atomic E-state index is -0.195. The Hall–Kier alpha value is -1.51. The van der Waals surface area contributed by atoms with Crippen molar-refractivity contribution < 1.29 is 14.3 Å². The van der Waals surface area contributed by atoms with E-state index in [9.17, 15) is 4.79 Å². The fraction of sp³-hybridized carbons (Fsp3) is 0.667. The standard InChI is InChI=1S/C21H32O3/c1-7-18(22)24-15-13-16(20(2,3)4)19(23-6)17(14-15)21(5)11-9-8-10-12-21/h13-14H,7-12H2,1-6H3. The van der Waals surface area contributed by atoms with Gasteiger partial charge in [-0.25, -0.2) is 0 Å². The van der Waals surface area contributed by atoms with Crippen molar-refractivity contribution in [2.24, 2.45) is 0 Å². The lowest BCUT2D eigenvalue weighted by molar-refractivity contribution is -0.134. The Morgan fingerprint density at radius 2 is 1.79 bits per heavy atom. The normalized spacial score (nSPS) is 17.4. The van der Waals surface area contributed by atoms with Crippen molar-refractivity contribution in [1.82, 2.24) is 0 Å². The van der Waals surface area contributed by atoms with Crippen LogP contribution < -0.4 is 9.47 Å². The zero-order valence-electron chi connectivity index (χ0n) is 16.1. The Morgan fingerprint density at radius 3 is 2.29 bits per heavy atom. The van der Waals surface area contributed by atoms with Gasteiger partial charge in [-0.2, -0.15) is 0 Å². The molecule has 3 heteroatoms. The van der Waals surface area contributed by atoms with Gasteiger partial charge in [0.25, 0.3) is 0 Å². The van der Waals surface area contributed by atoms with Crippen LogP contribution in [0.2, 0.25) is 0 Å². The number of methoxy groups -OCH3 is 1. The molecule has 0 spiro atoms. The van der Waals surface area contributed by atoms with E-state index in [0.29, 0.717) is 12.2 Å². The molecule has 1 aliphatic carbocycles. The highest BCUT2D eigenvalue weighted by atomic mass is 16.5. The van der Waals surface area contributed by atoms with Crippen molar-refractivity contribution in [3.05, 3.63) is 23.3 Å². The smallest absolute Gasteiger partial charge is 0.310 e. The molecular formula is C21H32O3. The van der Waals surface area contributed by atoms with Gasteiger partial charge in [-0.15, -0.1) is 0 Å². The van der Waals surface area contributed by atoms with Crippen LogP contribution in [0.5, 0.6) is 11.5 Å². The van der Waals surface area contributed by atoms with Crippen molar-refractivity contribution >= 4 is 5.97 Å². The van der Waals surface area contributed by atoms with Gasteiger partial charge >= 0.3 is 5.97 Å². The third-order valence-corrected chi connectivity index (χ3v) is 5.20. The third-order valence-electron chi connectivity index (χ3n) is 5.20. The summed E-state index contributed by atoms with van der Waals surface area (Å²) in [5.74, 6) is 1.41. The number of hydrogen-bond acceptors (Lipinski definition) is 3. The zero-order valence-corrected chi connectivity index (χ0v) is 16.1. The molecule has 0 bridgehead atoms. The second-order valence-corrected chi connectivity index (χ2v) is 8.25. The number of carbonyl (C=O) groups excluding carboxylic acids is 1. The molecule has 0 heterocycles. The zero-order chi connectivity index (χ0) is 18.0. The van der Waals surface area contributed by atoms with Crippen LogP contribution in [0, 0.1) is 0 Å². The molecule has 3 nitrogen and oxygen atoms in total. The number of ether oxygens (including phenoxy) is 2. The van der Waals surface area contributed by atoms with E-state index < -0.39 is 0 Å². The Labute approximate surface area is 146 Å². The van der Waals surface area contributed by atoms with Crippen LogP contribution in [0.25, 0.3) is 0 Å². The van der Waals surface area contributed by atoms with Crippen LogP contribution in [-0.4, -0.2) is 13.1 Å². The van der Waals surface area contributed by atoms with Gasteiger partial charge in [0.05, 0.1) is 7.11 Å². The van der Waals surface area contributed by atoms with E-state index in [1.807, 2.05) is 19.1 Å². The van der Waals surface area contributed by atoms with E-state index in [1.165, 1.54) is 24.8 Å². The van der Waals surface area contributed by atoms with Crippen LogP contribution in [0.4, 0.5) is 0 Å². The molecule has 134 valence electrons. The first kappa shape index (κ1) is 18.8. The first-order chi connectivity index (χ1) is 11.2. The maximum atomic E-state index is 11.8. The molecule has 1 saturated carbocycles. The van der Waals surface area contributed by atoms with Crippen molar-refractivity contribution in [3.63, 3.8) is 0 Å². The molecule has 1 aromatic carbocycles. The van der Waals surface area contributed by atoms with Gasteiger partial charge in [-0.05, 0) is 35.8 Å². The van der Waals surface area contributed by atoms with Crippen LogP contribution >= 0.6 is 0 Å². The summed E-state index contributed by atoms with van der Waals surface area (Å²) in [5.41, 5.74) is 2.29. The molecule has 0 saturated heterocycles. The monoisotopic (exact) mass is 332 g/mol. The Balaban J connectivity index is 2.61. The Morgan fingerprint density at radius 1 is 1.17 bits per heavy atom. The Kier molecular flexibility index (Phi) is 5.62. The summed E-state index contributed by atoms with van der Waals surface area (Å²) in [7, 11) is 1.75. The summed E-state index contributed by atoms with van der Waals surface area (Å²) in [6.07, 6.45) is 6.46. The minimum Gasteiger partial charge on any atom is -0.496 e. The molecule has 0 amide bonds. The van der Waals surface area contributed by atoms with E-state index in [0.717, 1.165) is 24.2 Å². The van der Waals surface area contributed by atoms with Gasteiger partial charge < -0.3 is 9.47 Å². The first-order valence-corrected chi connectivity index (χ1v) is 9.15. The molecule has 1 fully saturated rings. The third kappa shape index (κ3) is 3.93. The Bertz CT molecular complexity index is 590. The van der Waals surface area contributed by atoms with E-state index in [1.54, 1.807) is 7.11 Å². The lowest BCUT2D eigenvalue weighted by Crippen LogP contribution is -2.27. The van der Waals surface area contributed by atoms with Gasteiger partial charge in [-0.1, -0.05) is 53.9 Å². The van der Waals surface area contributed by atoms with Crippen molar-refractivity contribution in [2.45, 2.75) is 84.0 Å². The highest BCUT2D eigenvalue weighted by Gasteiger charge is 2.35. The van der Waals surface area contributed by atoms with Crippen molar-refractivity contribution in [1.29, 1.82) is 0 Å². The van der Waals surface area contributed by atoms with Crippen LogP contribution in [0.1, 0.15) is 84.3 Å². The van der Waals surface area contributed by atoms with Gasteiger partial charge in [0.1, 0.15) is 11.5 Å². The van der Waals surface area contributed by atoms with Gasteiger partial charge in [-0.3, -0.25) is 4.79 Å². The molecule has 24 heavy (non-hydrogen) atoms. The highest BCUT2D eigenvalue weighted by Crippen LogP contribution is 2.47. The van der Waals surface area contributed by atoms with E-state index in [2.05, 4.69) is 27.7 Å². The number of benzene rings is 1. The lowest BCUT2D eigenvalue weighted by Gasteiger charge is -2.37. The average molecular weight is 332 g/mol. The van der Waals surface area contributed by atoms with Crippen LogP contribution in [-0.2, 0) is 15.6 Å². The highest BCUT2D eigenvalue weighted by molar-refractivity contribution is 5.72. The van der Waals surface area contributed by atoms with E-state index >= 15 is 0 Å². The number of esters is 1. The fourth-order valence-electron chi connectivity index (χ4n) is 3.69. The predicted octanol–water partition coefficient (Wildman–Crippen LogP) is 5.53. The fourth-order valence-corrected chi connectivity index (χ4v) is 3.69. The molecule has 0 aliphatic heterocycles. The summed E-state index contributed by atoms with van der Waals surface area (Å²) >= 11 is 0. The second kappa shape index (κ2) is 7.16. The summed E-state index contributed by atoms with van der Waals surface area (Å²) < 4.78 is 11.4. The summed E-state index contributed by atoms with van der Waals surface area (Å²) in [4.78, 5) is 11.8. The number of carbonyl (C=O) groups is 1. The minimum absolute atomic E-state index is 0.0816. The molecular weight excluding hydrogens is 300 g/mol. The van der Waals surface area contributed by atoms with E-state index in [-0.39, 0.29) is 16.8 Å². The van der Waals surface area contributed by atoms with E-state index in [4.69, 9.17) is 9.47 Å². The maximum Gasteiger partial charge on any atom is 0.310 e. The average Bonchev–Trinajstić information content (AvgIpc) is 2.53. The first-order valence-electron chi connectivity index (χ1n) is 9.15. The van der Waals surface area contributed by atoms with Gasteiger partial charge in [0.2, 0.25) is 0 Å². The molecule has 0 atom stereocenters. The maximum absolute atomic E-state index is 11.8. The topological polar surface area (TPSA) is 35.5 Å². The summed E-state index contributed by atoms with van der Waals surface area (Å²) in [5, 5.41) is 0. The molecule has 2 rings (SSSR count). The molecule has 1 aromatic rings.